The van der Waals surface area contributed by atoms with Crippen LogP contribution in [-0.4, -0.2) is 0 Å². The second-order valence-corrected chi connectivity index (χ2v) is 14.5. The maximum Gasteiger partial charge on any atom is 0.0546 e. The molecule has 268 valence electrons. The second-order valence-electron chi connectivity index (χ2n) is 14.5. The zero-order valence-corrected chi connectivity index (χ0v) is 31.5. The van der Waals surface area contributed by atoms with Crippen LogP contribution >= 0.6 is 0 Å². The van der Waals surface area contributed by atoms with Gasteiger partial charge in [-0.25, -0.2) is 0 Å². The predicted octanol–water partition coefficient (Wildman–Crippen LogP) is 15.8. The number of hydrogen-bond acceptors (Lipinski definition) is 1. The van der Waals surface area contributed by atoms with Crippen molar-refractivity contribution in [3.63, 3.8) is 0 Å². The number of anilines is 3. The first-order chi connectivity index (χ1) is 28.3. The smallest absolute Gasteiger partial charge is 0.0546 e. The Morgan fingerprint density at radius 2 is 0.719 bits per heavy atom. The van der Waals surface area contributed by atoms with Crippen molar-refractivity contribution in [2.24, 2.45) is 0 Å². The van der Waals surface area contributed by atoms with Gasteiger partial charge in [-0.3, -0.25) is 0 Å². The molecule has 0 unspecified atom stereocenters. The van der Waals surface area contributed by atoms with Gasteiger partial charge < -0.3 is 4.90 Å². The lowest BCUT2D eigenvalue weighted by atomic mass is 9.87. The summed E-state index contributed by atoms with van der Waals surface area (Å²) in [5, 5.41) is 4.95. The van der Waals surface area contributed by atoms with Gasteiger partial charge in [0.2, 0.25) is 0 Å². The van der Waals surface area contributed by atoms with E-state index in [1.54, 1.807) is 0 Å². The van der Waals surface area contributed by atoms with Crippen LogP contribution in [0.3, 0.4) is 0 Å². The molecule has 1 heteroatoms. The summed E-state index contributed by atoms with van der Waals surface area (Å²) in [5.74, 6) is 0. The normalized spacial score (nSPS) is 11.2. The van der Waals surface area contributed by atoms with Crippen LogP contribution in [0.1, 0.15) is 0 Å². The predicted molar refractivity (Wildman–Crippen MR) is 243 cm³/mol. The van der Waals surface area contributed by atoms with Crippen LogP contribution in [0.2, 0.25) is 0 Å². The largest absolute Gasteiger partial charge is 0.310 e. The zero-order chi connectivity index (χ0) is 38.0. The molecule has 0 radical (unpaired) electrons. The Morgan fingerprint density at radius 1 is 0.246 bits per heavy atom. The molecule has 10 aromatic carbocycles. The molecule has 57 heavy (non-hydrogen) atoms. The van der Waals surface area contributed by atoms with Gasteiger partial charge in [0.15, 0.2) is 0 Å². The van der Waals surface area contributed by atoms with Gasteiger partial charge in [0.1, 0.15) is 0 Å². The van der Waals surface area contributed by atoms with E-state index in [9.17, 15) is 0 Å². The minimum absolute atomic E-state index is 1.09. The molecule has 10 rings (SSSR count). The Labute approximate surface area is 334 Å². The number of benzene rings is 10. The third kappa shape index (κ3) is 6.56. The quantitative estimate of drug-likeness (QED) is 0.151. The lowest BCUT2D eigenvalue weighted by molar-refractivity contribution is 1.29. The minimum Gasteiger partial charge on any atom is -0.310 e. The molecule has 0 N–H and O–H groups in total. The highest BCUT2D eigenvalue weighted by Crippen LogP contribution is 2.48. The maximum absolute atomic E-state index is 2.43. The average Bonchev–Trinajstić information content (AvgIpc) is 3.30. The van der Waals surface area contributed by atoms with Crippen molar-refractivity contribution in [3.8, 4) is 55.6 Å². The molecule has 0 saturated heterocycles. The summed E-state index contributed by atoms with van der Waals surface area (Å²) in [4.78, 5) is 2.43. The Morgan fingerprint density at radius 3 is 1.46 bits per heavy atom. The molecule has 0 aliphatic rings. The van der Waals surface area contributed by atoms with Gasteiger partial charge in [-0.1, -0.05) is 206 Å². The number of fused-ring (bicyclic) bond motifs is 2. The number of rotatable bonds is 8. The van der Waals surface area contributed by atoms with Crippen molar-refractivity contribution >= 4 is 38.6 Å². The lowest BCUT2D eigenvalue weighted by Gasteiger charge is -2.30. The summed E-state index contributed by atoms with van der Waals surface area (Å²) < 4.78 is 0. The highest BCUT2D eigenvalue weighted by molar-refractivity contribution is 6.02. The summed E-state index contributed by atoms with van der Waals surface area (Å²) >= 11 is 0. The molecule has 0 fully saturated rings. The van der Waals surface area contributed by atoms with Crippen molar-refractivity contribution in [3.05, 3.63) is 237 Å². The van der Waals surface area contributed by atoms with Crippen molar-refractivity contribution in [1.29, 1.82) is 0 Å². The van der Waals surface area contributed by atoms with E-state index < -0.39 is 0 Å². The molecule has 0 spiro atoms. The van der Waals surface area contributed by atoms with Crippen molar-refractivity contribution < 1.29 is 0 Å². The Hall–Kier alpha value is -7.48. The standard InChI is InChI=1S/C56H39N/c1-3-16-43(17-4-1)52-24-11-12-25-54(52)56-53(45-18-5-2-6-19-45)27-14-28-55(56)57(49-38-35-40-15-7-8-21-47(40)39-49)48-36-33-42(34-37-48)41-29-31-46(32-30-41)51-26-13-22-44-20-9-10-23-50(44)51/h1-39H. The Balaban J connectivity index is 1.13. The third-order valence-corrected chi connectivity index (χ3v) is 11.1. The van der Waals surface area contributed by atoms with Gasteiger partial charge in [-0.2, -0.15) is 0 Å². The van der Waals surface area contributed by atoms with Crippen LogP contribution in [-0.2, 0) is 0 Å². The summed E-state index contributed by atoms with van der Waals surface area (Å²) in [6, 6.07) is 85.7. The number of hydrogen-bond donors (Lipinski definition) is 0. The second kappa shape index (κ2) is 15.0. The fraction of sp³-hybridized carbons (Fsp3) is 0. The van der Waals surface area contributed by atoms with Crippen molar-refractivity contribution in [2.75, 3.05) is 4.90 Å². The van der Waals surface area contributed by atoms with E-state index in [1.165, 1.54) is 77.2 Å². The van der Waals surface area contributed by atoms with Gasteiger partial charge in [0, 0.05) is 16.9 Å². The van der Waals surface area contributed by atoms with Gasteiger partial charge in [-0.15, -0.1) is 0 Å². The van der Waals surface area contributed by atoms with E-state index in [0.29, 0.717) is 0 Å². The monoisotopic (exact) mass is 725 g/mol. The summed E-state index contributed by atoms with van der Waals surface area (Å²) in [6.45, 7) is 0. The molecule has 1 nitrogen and oxygen atoms in total. The molecule has 0 aromatic heterocycles. The first kappa shape index (κ1) is 34.0. The lowest BCUT2D eigenvalue weighted by Crippen LogP contribution is -2.12. The van der Waals surface area contributed by atoms with E-state index >= 15 is 0 Å². The minimum atomic E-state index is 1.09. The van der Waals surface area contributed by atoms with E-state index in [1.807, 2.05) is 0 Å². The SMILES string of the molecule is c1ccc(-c2ccccc2-c2c(-c3ccccc3)cccc2N(c2ccc(-c3ccc(-c4cccc5ccccc45)cc3)cc2)c2ccc3ccccc3c2)cc1. The van der Waals surface area contributed by atoms with Crippen LogP contribution < -0.4 is 4.90 Å². The Bertz CT molecular complexity index is 2980. The summed E-state index contributed by atoms with van der Waals surface area (Å²) in [6.07, 6.45) is 0. The fourth-order valence-electron chi connectivity index (χ4n) is 8.30. The fourth-order valence-corrected chi connectivity index (χ4v) is 8.30. The van der Waals surface area contributed by atoms with Gasteiger partial charge in [-0.05, 0) is 102 Å². The van der Waals surface area contributed by atoms with Crippen LogP contribution in [0.15, 0.2) is 237 Å². The first-order valence-electron chi connectivity index (χ1n) is 19.6. The maximum atomic E-state index is 2.43. The topological polar surface area (TPSA) is 3.24 Å². The van der Waals surface area contributed by atoms with Crippen molar-refractivity contribution in [1.82, 2.24) is 0 Å². The summed E-state index contributed by atoms with van der Waals surface area (Å²) in [7, 11) is 0. The molecule has 0 atom stereocenters. The van der Waals surface area contributed by atoms with Crippen LogP contribution in [0.5, 0.6) is 0 Å². The molecule has 0 aliphatic heterocycles. The van der Waals surface area contributed by atoms with Crippen LogP contribution in [0, 0.1) is 0 Å². The highest BCUT2D eigenvalue weighted by Gasteiger charge is 2.23. The molecule has 0 aliphatic carbocycles. The molecule has 10 aromatic rings. The Kier molecular flexibility index (Phi) is 8.95. The number of nitrogens with zero attached hydrogens (tertiary/aromatic N) is 1. The van der Waals surface area contributed by atoms with E-state index in [-0.39, 0.29) is 0 Å². The first-order valence-corrected chi connectivity index (χ1v) is 19.6. The van der Waals surface area contributed by atoms with E-state index in [4.69, 9.17) is 0 Å². The summed E-state index contributed by atoms with van der Waals surface area (Å²) in [5.41, 5.74) is 15.3. The van der Waals surface area contributed by atoms with Gasteiger partial charge >= 0.3 is 0 Å². The van der Waals surface area contributed by atoms with E-state index in [0.717, 1.165) is 17.1 Å². The zero-order valence-electron chi connectivity index (χ0n) is 31.5. The van der Waals surface area contributed by atoms with Gasteiger partial charge in [0.05, 0.1) is 5.69 Å². The average molecular weight is 726 g/mol. The van der Waals surface area contributed by atoms with Crippen LogP contribution in [0.25, 0.3) is 77.2 Å². The van der Waals surface area contributed by atoms with Crippen LogP contribution in [0.4, 0.5) is 17.1 Å². The molecule has 0 heterocycles. The molecular weight excluding hydrogens is 687 g/mol. The van der Waals surface area contributed by atoms with Crippen molar-refractivity contribution in [2.45, 2.75) is 0 Å². The molecular formula is C56H39N. The van der Waals surface area contributed by atoms with Gasteiger partial charge in [0.25, 0.3) is 0 Å². The highest BCUT2D eigenvalue weighted by atomic mass is 15.1. The molecule has 0 amide bonds. The third-order valence-electron chi connectivity index (χ3n) is 11.1. The molecule has 0 bridgehead atoms. The molecule has 0 saturated carbocycles. The van der Waals surface area contributed by atoms with E-state index in [2.05, 4.69) is 241 Å².